The van der Waals surface area contributed by atoms with Crippen LogP contribution in [0.3, 0.4) is 0 Å². The zero-order valence-corrected chi connectivity index (χ0v) is 20.1. The summed E-state index contributed by atoms with van der Waals surface area (Å²) in [6.07, 6.45) is 2.52. The summed E-state index contributed by atoms with van der Waals surface area (Å²) < 4.78 is 25.0. The number of fused-ring (bicyclic) bond motifs is 1. The monoisotopic (exact) mass is 438 g/mol. The van der Waals surface area contributed by atoms with Gasteiger partial charge in [-0.05, 0) is 39.2 Å². The molecule has 0 bridgehead atoms. The van der Waals surface area contributed by atoms with Crippen LogP contribution in [0.15, 0.2) is 36.5 Å². The van der Waals surface area contributed by atoms with Crippen molar-refractivity contribution in [3.8, 4) is 17.2 Å². The second-order valence-corrected chi connectivity index (χ2v) is 8.31. The first-order valence-electron chi connectivity index (χ1n) is 10.8. The number of aldehydes is 1. The van der Waals surface area contributed by atoms with Crippen molar-refractivity contribution >= 4 is 29.8 Å². The van der Waals surface area contributed by atoms with Gasteiger partial charge in [0.2, 0.25) is 0 Å². The number of benzene rings is 2. The maximum atomic E-state index is 11.5. The lowest BCUT2D eigenvalue weighted by Gasteiger charge is -2.32. The van der Waals surface area contributed by atoms with E-state index >= 15 is 0 Å². The van der Waals surface area contributed by atoms with Crippen LogP contribution in [0.1, 0.15) is 51.9 Å². The molecule has 1 saturated heterocycles. The van der Waals surface area contributed by atoms with Crippen molar-refractivity contribution in [1.82, 2.24) is 9.78 Å². The lowest BCUT2D eigenvalue weighted by Crippen LogP contribution is -2.41. The molecule has 1 aromatic heterocycles. The Hall–Kier alpha value is -2.84. The number of nitrogens with zero attached hydrogens (tertiary/aromatic N) is 2. The zero-order chi connectivity index (χ0) is 23.7. The fourth-order valence-electron chi connectivity index (χ4n) is 3.62. The van der Waals surface area contributed by atoms with E-state index < -0.39 is 18.3 Å². The molecular weight excluding hydrogens is 407 g/mol. The number of rotatable bonds is 5. The van der Waals surface area contributed by atoms with Crippen LogP contribution in [-0.2, 0) is 9.31 Å². The van der Waals surface area contributed by atoms with Crippen LogP contribution < -0.4 is 14.9 Å². The first-order chi connectivity index (χ1) is 15.2. The zero-order valence-electron chi connectivity index (χ0n) is 20.1. The van der Waals surface area contributed by atoms with Crippen molar-refractivity contribution < 1.29 is 23.6 Å². The molecule has 170 valence electrons. The van der Waals surface area contributed by atoms with E-state index in [-0.39, 0.29) is 0 Å². The Labute approximate surface area is 189 Å². The van der Waals surface area contributed by atoms with Gasteiger partial charge in [0, 0.05) is 17.5 Å². The van der Waals surface area contributed by atoms with Gasteiger partial charge in [-0.3, -0.25) is 4.79 Å². The first-order valence-corrected chi connectivity index (χ1v) is 10.8. The van der Waals surface area contributed by atoms with Gasteiger partial charge in [0.1, 0.15) is 11.5 Å². The molecule has 1 aliphatic rings. The molecule has 4 rings (SSSR count). The minimum atomic E-state index is -0.488. The van der Waals surface area contributed by atoms with Crippen molar-refractivity contribution in [2.24, 2.45) is 0 Å². The second-order valence-electron chi connectivity index (χ2n) is 8.31. The van der Waals surface area contributed by atoms with Gasteiger partial charge in [-0.1, -0.05) is 26.0 Å². The third-order valence-corrected chi connectivity index (χ3v) is 6.05. The summed E-state index contributed by atoms with van der Waals surface area (Å²) >= 11 is 0. The standard InChI is InChI=1S/C22H25BN2O5.C2H6/c1-21(2)22(3,4)30-23(29-21)17-8-7-9-18-15(17)12-24-25(18)14-10-19(27-5)16(13-26)20(11-14)28-6;1-2/h7-13H,1-6H3;1-2H3. The molecule has 0 atom stereocenters. The van der Waals surface area contributed by atoms with Crippen LogP contribution in [0.4, 0.5) is 0 Å². The van der Waals surface area contributed by atoms with Gasteiger partial charge in [-0.2, -0.15) is 5.10 Å². The second kappa shape index (κ2) is 8.96. The minimum Gasteiger partial charge on any atom is -0.496 e. The van der Waals surface area contributed by atoms with E-state index in [2.05, 4.69) is 5.10 Å². The average molecular weight is 438 g/mol. The number of carbonyl (C=O) groups is 1. The maximum Gasteiger partial charge on any atom is 0.495 e. The predicted octanol–water partition coefficient (Wildman–Crippen LogP) is 4.18. The van der Waals surface area contributed by atoms with Gasteiger partial charge in [-0.15, -0.1) is 0 Å². The van der Waals surface area contributed by atoms with Crippen LogP contribution in [-0.4, -0.2) is 48.6 Å². The lowest BCUT2D eigenvalue weighted by atomic mass is 9.77. The summed E-state index contributed by atoms with van der Waals surface area (Å²) in [6.45, 7) is 12.1. The fourth-order valence-corrected chi connectivity index (χ4v) is 3.62. The highest BCUT2D eigenvalue weighted by Crippen LogP contribution is 2.37. The molecule has 2 heterocycles. The van der Waals surface area contributed by atoms with Crippen molar-refractivity contribution in [3.05, 3.63) is 42.1 Å². The molecule has 1 fully saturated rings. The molecule has 0 saturated carbocycles. The Morgan fingerprint density at radius 1 is 1.00 bits per heavy atom. The number of ether oxygens (including phenoxy) is 2. The van der Waals surface area contributed by atoms with Crippen LogP contribution >= 0.6 is 0 Å². The van der Waals surface area contributed by atoms with E-state index in [1.54, 1.807) is 23.0 Å². The van der Waals surface area contributed by atoms with Crippen molar-refractivity contribution in [1.29, 1.82) is 0 Å². The molecule has 2 aromatic carbocycles. The van der Waals surface area contributed by atoms with Crippen molar-refractivity contribution in [2.75, 3.05) is 14.2 Å². The molecule has 32 heavy (non-hydrogen) atoms. The molecule has 0 aliphatic carbocycles. The summed E-state index contributed by atoms with van der Waals surface area (Å²) in [5, 5.41) is 5.51. The van der Waals surface area contributed by atoms with E-state index in [4.69, 9.17) is 18.8 Å². The van der Waals surface area contributed by atoms with Crippen LogP contribution in [0.5, 0.6) is 11.5 Å². The van der Waals surface area contributed by atoms with E-state index in [9.17, 15) is 4.79 Å². The number of hydrogen-bond donors (Lipinski definition) is 0. The van der Waals surface area contributed by atoms with Crippen LogP contribution in [0.25, 0.3) is 16.6 Å². The number of hydrogen-bond acceptors (Lipinski definition) is 6. The van der Waals surface area contributed by atoms with Gasteiger partial charge < -0.3 is 18.8 Å². The number of methoxy groups -OCH3 is 2. The van der Waals surface area contributed by atoms with Crippen LogP contribution in [0, 0.1) is 0 Å². The Kier molecular flexibility index (Phi) is 6.67. The Morgan fingerprint density at radius 2 is 1.56 bits per heavy atom. The third-order valence-electron chi connectivity index (χ3n) is 6.05. The molecule has 0 spiro atoms. The quantitative estimate of drug-likeness (QED) is 0.440. The number of carbonyl (C=O) groups excluding carboxylic acids is 1. The molecule has 0 unspecified atom stereocenters. The Morgan fingerprint density at radius 3 is 2.06 bits per heavy atom. The van der Waals surface area contributed by atoms with Crippen molar-refractivity contribution in [3.63, 3.8) is 0 Å². The summed E-state index contributed by atoms with van der Waals surface area (Å²) in [5.74, 6) is 0.843. The smallest absolute Gasteiger partial charge is 0.495 e. The van der Waals surface area contributed by atoms with E-state index in [1.807, 2.05) is 59.7 Å². The predicted molar refractivity (Wildman–Crippen MR) is 127 cm³/mol. The molecule has 1 aliphatic heterocycles. The van der Waals surface area contributed by atoms with Crippen molar-refractivity contribution in [2.45, 2.75) is 52.7 Å². The molecular formula is C24H31BN2O5. The molecule has 0 amide bonds. The number of aromatic nitrogens is 2. The van der Waals surface area contributed by atoms with Gasteiger partial charge >= 0.3 is 7.12 Å². The summed E-state index contributed by atoms with van der Waals surface area (Å²) in [7, 11) is 2.55. The topological polar surface area (TPSA) is 71.8 Å². The maximum absolute atomic E-state index is 11.5. The average Bonchev–Trinajstić information content (AvgIpc) is 3.31. The highest BCUT2D eigenvalue weighted by molar-refractivity contribution is 6.65. The molecule has 0 N–H and O–H groups in total. The molecule has 3 aromatic rings. The van der Waals surface area contributed by atoms with Crippen LogP contribution in [0.2, 0.25) is 0 Å². The first kappa shape index (κ1) is 23.8. The van der Waals surface area contributed by atoms with Gasteiger partial charge in [-0.25, -0.2) is 4.68 Å². The van der Waals surface area contributed by atoms with Gasteiger partial charge in [0.25, 0.3) is 0 Å². The van der Waals surface area contributed by atoms with Gasteiger partial charge in [0.05, 0.1) is 48.4 Å². The third kappa shape index (κ3) is 3.89. The molecule has 8 heteroatoms. The van der Waals surface area contributed by atoms with E-state index in [0.717, 1.165) is 28.3 Å². The Bertz CT molecular complexity index is 1080. The summed E-state index contributed by atoms with van der Waals surface area (Å²) in [4.78, 5) is 11.5. The van der Waals surface area contributed by atoms with E-state index in [0.29, 0.717) is 17.1 Å². The SMILES string of the molecule is CC.COc1cc(-n2ncc3c(B4OC(C)(C)C(C)(C)O4)cccc32)cc(OC)c1C=O. The lowest BCUT2D eigenvalue weighted by molar-refractivity contribution is 0.00578. The normalized spacial score (nSPS) is 16.4. The Balaban J connectivity index is 0.00000141. The summed E-state index contributed by atoms with van der Waals surface area (Å²) in [5.41, 5.74) is 2.02. The molecule has 7 nitrogen and oxygen atoms in total. The highest BCUT2D eigenvalue weighted by Gasteiger charge is 2.52. The summed E-state index contributed by atoms with van der Waals surface area (Å²) in [6, 6.07) is 9.45. The largest absolute Gasteiger partial charge is 0.496 e. The fraction of sp³-hybridized carbons (Fsp3) is 0.417. The minimum absolute atomic E-state index is 0.359. The van der Waals surface area contributed by atoms with Gasteiger partial charge in [0.15, 0.2) is 6.29 Å². The molecule has 0 radical (unpaired) electrons. The van der Waals surface area contributed by atoms with E-state index in [1.165, 1.54) is 14.2 Å². The highest BCUT2D eigenvalue weighted by atomic mass is 16.7.